The van der Waals surface area contributed by atoms with Crippen molar-refractivity contribution in [2.45, 2.75) is 89.5 Å². The molecule has 1 aromatic carbocycles. The molecule has 2 N–H and O–H groups in total. The van der Waals surface area contributed by atoms with Crippen molar-refractivity contribution < 1.29 is 47.1 Å². The number of halogens is 2. The van der Waals surface area contributed by atoms with E-state index in [1.165, 1.54) is 13.0 Å². The number of esters is 1. The van der Waals surface area contributed by atoms with Gasteiger partial charge in [-0.2, -0.15) is 0 Å². The van der Waals surface area contributed by atoms with Gasteiger partial charge in [0.15, 0.2) is 0 Å². The molecule has 0 aromatic heterocycles. The smallest absolute Gasteiger partial charge is 0.534 e. The van der Waals surface area contributed by atoms with Gasteiger partial charge in [-0.3, -0.25) is 4.79 Å². The van der Waals surface area contributed by atoms with Crippen LogP contribution >= 0.6 is 0 Å². The molecule has 1 aliphatic heterocycles. The molecule has 0 bridgehead atoms. The quantitative estimate of drug-likeness (QED) is 0.318. The summed E-state index contributed by atoms with van der Waals surface area (Å²) in [7, 11) is -1.51. The summed E-state index contributed by atoms with van der Waals surface area (Å²) in [5.74, 6) is -5.30. The summed E-state index contributed by atoms with van der Waals surface area (Å²) in [4.78, 5) is 36.6. The van der Waals surface area contributed by atoms with Crippen LogP contribution in [0.4, 0.5) is 13.6 Å². The number of benzene rings is 1. The van der Waals surface area contributed by atoms with E-state index in [-0.39, 0.29) is 23.8 Å². The van der Waals surface area contributed by atoms with Crippen LogP contribution < -0.4 is 9.97 Å². The number of ether oxygens (including phenoxy) is 3. The Labute approximate surface area is 202 Å². The van der Waals surface area contributed by atoms with Gasteiger partial charge in [-0.15, -0.1) is 0 Å². The molecule has 1 aliphatic carbocycles. The fourth-order valence-corrected chi connectivity index (χ4v) is 4.04. The summed E-state index contributed by atoms with van der Waals surface area (Å²) in [5.41, 5.74) is 0.495. The second-order valence-electron chi connectivity index (χ2n) is 8.97. The van der Waals surface area contributed by atoms with Gasteiger partial charge in [0.2, 0.25) is 18.1 Å². The van der Waals surface area contributed by atoms with Gasteiger partial charge < -0.3 is 29.2 Å². The zero-order valence-electron chi connectivity index (χ0n) is 19.8. The fourth-order valence-electron chi connectivity index (χ4n) is 4.04. The summed E-state index contributed by atoms with van der Waals surface area (Å²) in [6.07, 6.45) is 1.32. The van der Waals surface area contributed by atoms with Crippen molar-refractivity contribution >= 4 is 25.2 Å². The zero-order chi connectivity index (χ0) is 25.6. The molecule has 3 rings (SSSR count). The number of hydrogen-bond donors (Lipinski definition) is 2. The van der Waals surface area contributed by atoms with Gasteiger partial charge in [-0.05, 0) is 50.7 Å². The molecule has 1 aromatic rings. The van der Waals surface area contributed by atoms with E-state index < -0.39 is 56.1 Å². The van der Waals surface area contributed by atoms with E-state index in [0.29, 0.717) is 5.56 Å². The maximum atomic E-state index is 13.0. The minimum atomic E-state index is -2.98. The SMILES string of the molecule is CC(OC(=O)OC1CCCCC1)OC(=O)c1cccc2c1OB(O)[C@@H](NC(=O)CCC(C)(F)F)C2. The Hall–Kier alpha value is -2.89. The number of carbonyl (C=O) groups is 3. The highest BCUT2D eigenvalue weighted by Gasteiger charge is 2.38. The van der Waals surface area contributed by atoms with Gasteiger partial charge in [-0.1, -0.05) is 18.6 Å². The molecular weight excluding hydrogens is 467 g/mol. The largest absolute Gasteiger partial charge is 0.547 e. The number of rotatable bonds is 8. The Balaban J connectivity index is 1.56. The molecule has 2 aliphatic rings. The maximum absolute atomic E-state index is 13.0. The predicted octanol–water partition coefficient (Wildman–Crippen LogP) is 3.55. The van der Waals surface area contributed by atoms with Crippen molar-refractivity contribution in [3.05, 3.63) is 29.3 Å². The maximum Gasteiger partial charge on any atom is 0.547 e. The molecule has 1 heterocycles. The fraction of sp³-hybridized carbons (Fsp3) is 0.609. The molecule has 1 saturated carbocycles. The first-order chi connectivity index (χ1) is 16.5. The summed E-state index contributed by atoms with van der Waals surface area (Å²) in [6.45, 7) is 2.10. The number of carbonyl (C=O) groups excluding carboxylic acids is 3. The Bertz CT molecular complexity index is 919. The lowest BCUT2D eigenvalue weighted by atomic mass is 9.72. The first kappa shape index (κ1) is 26.7. The number of amides is 1. The molecule has 0 radical (unpaired) electrons. The molecule has 192 valence electrons. The van der Waals surface area contributed by atoms with Crippen LogP contribution in [-0.4, -0.2) is 54.4 Å². The molecule has 9 nitrogen and oxygen atoms in total. The van der Waals surface area contributed by atoms with Crippen LogP contribution in [0, 0.1) is 0 Å². The number of nitrogens with one attached hydrogen (secondary N) is 1. The zero-order valence-corrected chi connectivity index (χ0v) is 19.8. The molecule has 0 saturated heterocycles. The predicted molar refractivity (Wildman–Crippen MR) is 120 cm³/mol. The van der Waals surface area contributed by atoms with E-state index in [4.69, 9.17) is 18.9 Å². The molecule has 1 amide bonds. The van der Waals surface area contributed by atoms with Crippen molar-refractivity contribution in [3.63, 3.8) is 0 Å². The van der Waals surface area contributed by atoms with E-state index in [2.05, 4.69) is 5.32 Å². The lowest BCUT2D eigenvalue weighted by Crippen LogP contribution is -2.53. The highest BCUT2D eigenvalue weighted by atomic mass is 19.3. The molecular formula is C23H30BF2NO8. The van der Waals surface area contributed by atoms with E-state index in [9.17, 15) is 28.2 Å². The van der Waals surface area contributed by atoms with Gasteiger partial charge in [0.05, 0.1) is 5.94 Å². The highest BCUT2D eigenvalue weighted by Crippen LogP contribution is 2.31. The third kappa shape index (κ3) is 8.09. The molecule has 1 unspecified atom stereocenters. The van der Waals surface area contributed by atoms with Gasteiger partial charge >= 0.3 is 19.2 Å². The first-order valence-electron chi connectivity index (χ1n) is 11.7. The van der Waals surface area contributed by atoms with Crippen LogP contribution in [0.3, 0.4) is 0 Å². The Kier molecular flexibility index (Phi) is 8.93. The molecule has 12 heteroatoms. The normalized spacial score (nSPS) is 19.1. The van der Waals surface area contributed by atoms with Gasteiger partial charge in [0.25, 0.3) is 0 Å². The van der Waals surface area contributed by atoms with Gasteiger partial charge in [0.1, 0.15) is 17.4 Å². The Morgan fingerprint density at radius 2 is 1.94 bits per heavy atom. The Morgan fingerprint density at radius 1 is 1.23 bits per heavy atom. The van der Waals surface area contributed by atoms with E-state index >= 15 is 0 Å². The topological polar surface area (TPSA) is 120 Å². The third-order valence-electron chi connectivity index (χ3n) is 5.83. The van der Waals surface area contributed by atoms with Crippen molar-refractivity contribution in [2.75, 3.05) is 0 Å². The first-order valence-corrected chi connectivity index (χ1v) is 11.7. The Morgan fingerprint density at radius 3 is 2.63 bits per heavy atom. The van der Waals surface area contributed by atoms with Gasteiger partial charge in [-0.25, -0.2) is 18.4 Å². The van der Waals surface area contributed by atoms with Crippen LogP contribution in [0.1, 0.15) is 74.7 Å². The number of alkyl halides is 2. The minimum Gasteiger partial charge on any atom is -0.534 e. The summed E-state index contributed by atoms with van der Waals surface area (Å²) in [6, 6.07) is 4.62. The summed E-state index contributed by atoms with van der Waals surface area (Å²) in [5, 5.41) is 12.8. The summed E-state index contributed by atoms with van der Waals surface area (Å²) >= 11 is 0. The van der Waals surface area contributed by atoms with Crippen LogP contribution in [0.5, 0.6) is 5.75 Å². The molecule has 1 fully saturated rings. The highest BCUT2D eigenvalue weighted by molar-refractivity contribution is 6.47. The lowest BCUT2D eigenvalue weighted by molar-refractivity contribution is -0.123. The van der Waals surface area contributed by atoms with Crippen LogP contribution in [0.2, 0.25) is 0 Å². The summed E-state index contributed by atoms with van der Waals surface area (Å²) < 4.78 is 46.9. The second kappa shape index (κ2) is 11.7. The third-order valence-corrected chi connectivity index (χ3v) is 5.83. The van der Waals surface area contributed by atoms with Crippen LogP contribution in [0.25, 0.3) is 0 Å². The number of fused-ring (bicyclic) bond motifs is 1. The van der Waals surface area contributed by atoms with Crippen molar-refractivity contribution in [2.24, 2.45) is 0 Å². The lowest BCUT2D eigenvalue weighted by Gasteiger charge is -2.29. The van der Waals surface area contributed by atoms with E-state index in [1.54, 1.807) is 12.1 Å². The van der Waals surface area contributed by atoms with E-state index in [1.807, 2.05) is 0 Å². The second-order valence-corrected chi connectivity index (χ2v) is 8.97. The van der Waals surface area contributed by atoms with Crippen LogP contribution in [-0.2, 0) is 25.4 Å². The van der Waals surface area contributed by atoms with Crippen molar-refractivity contribution in [1.82, 2.24) is 5.32 Å². The number of para-hydroxylation sites is 1. The monoisotopic (exact) mass is 497 g/mol. The van der Waals surface area contributed by atoms with Crippen molar-refractivity contribution in [3.8, 4) is 5.75 Å². The minimum absolute atomic E-state index is 0.00644. The van der Waals surface area contributed by atoms with Crippen molar-refractivity contribution in [1.29, 1.82) is 0 Å². The average molecular weight is 497 g/mol. The number of hydrogen-bond acceptors (Lipinski definition) is 8. The standard InChI is InChI=1S/C23H30BF2NO8/c1-14(33-22(30)34-16-8-4-3-5-9-16)32-21(29)17-10-6-7-15-13-18(24(31)35-20(15)17)27-19(28)11-12-23(2,25)26/h6-7,10,14,16,18,31H,3-5,8-9,11-13H2,1-2H3,(H,27,28)/t14?,18-/m0/s1. The van der Waals surface area contributed by atoms with Gasteiger partial charge in [0, 0.05) is 19.8 Å². The average Bonchev–Trinajstić information content (AvgIpc) is 2.77. The molecule has 35 heavy (non-hydrogen) atoms. The molecule has 0 spiro atoms. The van der Waals surface area contributed by atoms with Crippen LogP contribution in [0.15, 0.2) is 18.2 Å². The van der Waals surface area contributed by atoms with E-state index in [0.717, 1.165) is 39.0 Å². The molecule has 2 atom stereocenters.